The zero-order valence-electron chi connectivity index (χ0n) is 11.8. The molecule has 0 atom stereocenters. The number of aliphatic imine (C=N–C) groups is 1. The molecule has 2 aromatic rings. The average Bonchev–Trinajstić information content (AvgIpc) is 2.86. The highest BCUT2D eigenvalue weighted by Crippen LogP contribution is 2.28. The molecule has 0 saturated carbocycles. The highest BCUT2D eigenvalue weighted by Gasteiger charge is 2.12. The lowest BCUT2D eigenvalue weighted by Crippen LogP contribution is -2.02. The quantitative estimate of drug-likeness (QED) is 0.754. The number of hydrogen-bond acceptors (Lipinski definition) is 3. The number of nitriles is 1. The van der Waals surface area contributed by atoms with Gasteiger partial charge >= 0.3 is 0 Å². The molecular weight excluding hydrogens is 343 g/mol. The van der Waals surface area contributed by atoms with Crippen molar-refractivity contribution in [1.29, 1.82) is 5.26 Å². The molecule has 1 heterocycles. The molecule has 112 valence electrons. The number of hydrogen-bond donors (Lipinski definition) is 0. The summed E-state index contributed by atoms with van der Waals surface area (Å²) in [6.07, 6.45) is 1.79. The molecule has 0 saturated heterocycles. The number of rotatable bonds is 3. The Balaban J connectivity index is 2.44. The molecule has 0 spiro atoms. The lowest BCUT2D eigenvalue weighted by Gasteiger charge is -2.06. The second-order valence-corrected chi connectivity index (χ2v) is 5.55. The third-order valence-corrected chi connectivity index (χ3v) is 3.73. The van der Waals surface area contributed by atoms with Crippen LogP contribution in [-0.4, -0.2) is 15.0 Å². The molecule has 0 fully saturated rings. The van der Waals surface area contributed by atoms with Crippen molar-refractivity contribution in [3.63, 3.8) is 0 Å². The summed E-state index contributed by atoms with van der Waals surface area (Å²) in [6.45, 7) is 1.83. The average molecular weight is 354 g/mol. The highest BCUT2D eigenvalue weighted by molar-refractivity contribution is 6.69. The zero-order chi connectivity index (χ0) is 16.3. The minimum atomic E-state index is 0.218. The van der Waals surface area contributed by atoms with E-state index in [0.29, 0.717) is 21.4 Å². The number of benzene rings is 1. The largest absolute Gasteiger partial charge is 0.264 e. The Kier molecular flexibility index (Phi) is 5.25. The predicted molar refractivity (Wildman–Crippen MR) is 90.4 cm³/mol. The number of halogens is 3. The van der Waals surface area contributed by atoms with E-state index in [1.165, 1.54) is 4.68 Å². The summed E-state index contributed by atoms with van der Waals surface area (Å²) in [5.74, 6) is 0. The van der Waals surface area contributed by atoms with E-state index in [9.17, 15) is 0 Å². The van der Waals surface area contributed by atoms with Crippen molar-refractivity contribution in [1.82, 2.24) is 9.78 Å². The maximum absolute atomic E-state index is 8.88. The Morgan fingerprint density at radius 2 is 2.09 bits per heavy atom. The topological polar surface area (TPSA) is 54.0 Å². The maximum Gasteiger partial charge on any atom is 0.163 e. The van der Waals surface area contributed by atoms with Crippen LogP contribution in [0.2, 0.25) is 10.0 Å². The maximum atomic E-state index is 8.88. The lowest BCUT2D eigenvalue weighted by molar-refractivity contribution is 0.757. The number of aryl methyl sites for hydroxylation is 1. The third kappa shape index (κ3) is 3.50. The van der Waals surface area contributed by atoms with Crippen LogP contribution in [0.3, 0.4) is 0 Å². The summed E-state index contributed by atoms with van der Waals surface area (Å²) in [4.78, 5) is 4.38. The SMILES string of the molecule is C/C=C(\N=C(Cl)c1cc(C#N)nn1C)c1ccc(Cl)cc1Cl. The molecule has 0 aliphatic rings. The van der Waals surface area contributed by atoms with Crippen LogP contribution in [0, 0.1) is 11.3 Å². The van der Waals surface area contributed by atoms with Crippen LogP contribution in [0.15, 0.2) is 35.3 Å². The molecule has 1 aromatic heterocycles. The van der Waals surface area contributed by atoms with Crippen LogP contribution in [0.4, 0.5) is 0 Å². The molecule has 0 N–H and O–H groups in total. The molecule has 22 heavy (non-hydrogen) atoms. The van der Waals surface area contributed by atoms with Gasteiger partial charge in [-0.2, -0.15) is 10.4 Å². The number of allylic oxidation sites excluding steroid dienone is 1. The van der Waals surface area contributed by atoms with Crippen molar-refractivity contribution in [2.75, 3.05) is 0 Å². The Labute approximate surface area is 143 Å². The highest BCUT2D eigenvalue weighted by atomic mass is 35.5. The fourth-order valence-electron chi connectivity index (χ4n) is 1.86. The van der Waals surface area contributed by atoms with E-state index >= 15 is 0 Å². The van der Waals surface area contributed by atoms with Crippen molar-refractivity contribution >= 4 is 45.7 Å². The Morgan fingerprint density at radius 3 is 2.64 bits per heavy atom. The van der Waals surface area contributed by atoms with Crippen molar-refractivity contribution < 1.29 is 0 Å². The van der Waals surface area contributed by atoms with Crippen molar-refractivity contribution in [3.05, 3.63) is 57.3 Å². The van der Waals surface area contributed by atoms with E-state index in [1.54, 1.807) is 37.4 Å². The first-order chi connectivity index (χ1) is 10.5. The smallest absolute Gasteiger partial charge is 0.163 e. The molecule has 1 aromatic carbocycles. The van der Waals surface area contributed by atoms with Crippen molar-refractivity contribution in [2.45, 2.75) is 6.92 Å². The Bertz CT molecular complexity index is 813. The molecule has 2 rings (SSSR count). The lowest BCUT2D eigenvalue weighted by atomic mass is 10.1. The van der Waals surface area contributed by atoms with E-state index in [-0.39, 0.29) is 10.9 Å². The van der Waals surface area contributed by atoms with Crippen molar-refractivity contribution in [3.8, 4) is 6.07 Å². The molecule has 0 aliphatic carbocycles. The fraction of sp³-hybridized carbons (Fsp3) is 0.133. The van der Waals surface area contributed by atoms with Gasteiger partial charge in [-0.1, -0.05) is 40.9 Å². The monoisotopic (exact) mass is 352 g/mol. The van der Waals surface area contributed by atoms with E-state index in [1.807, 2.05) is 13.0 Å². The van der Waals surface area contributed by atoms with Gasteiger partial charge in [0.15, 0.2) is 10.9 Å². The summed E-state index contributed by atoms with van der Waals surface area (Å²) >= 11 is 18.3. The third-order valence-electron chi connectivity index (χ3n) is 2.90. The standard InChI is InChI=1S/C15H11Cl3N4/c1-3-13(11-5-4-9(16)6-12(11)17)20-15(18)14-7-10(8-19)21-22(14)2/h3-7H,1-2H3/b13-3-,20-15?. The number of aromatic nitrogens is 2. The van der Waals surface area contributed by atoms with Gasteiger partial charge < -0.3 is 0 Å². The summed E-state index contributed by atoms with van der Waals surface area (Å²) in [7, 11) is 1.69. The molecule has 0 unspecified atom stereocenters. The van der Waals surface area contributed by atoms with E-state index in [0.717, 1.165) is 5.56 Å². The van der Waals surface area contributed by atoms with Gasteiger partial charge in [0, 0.05) is 23.7 Å². The molecule has 0 amide bonds. The summed E-state index contributed by atoms with van der Waals surface area (Å²) in [5, 5.41) is 14.1. The summed E-state index contributed by atoms with van der Waals surface area (Å²) in [6, 6.07) is 8.68. The van der Waals surface area contributed by atoms with Gasteiger partial charge in [0.05, 0.1) is 16.4 Å². The fourth-order valence-corrected chi connectivity index (χ4v) is 2.63. The van der Waals surface area contributed by atoms with Gasteiger partial charge in [-0.05, 0) is 25.1 Å². The van der Waals surface area contributed by atoms with E-state index < -0.39 is 0 Å². The van der Waals surface area contributed by atoms with Crippen LogP contribution in [0.25, 0.3) is 5.70 Å². The molecular formula is C15H11Cl3N4. The van der Waals surface area contributed by atoms with E-state index in [2.05, 4.69) is 10.1 Å². The first-order valence-electron chi connectivity index (χ1n) is 6.26. The molecule has 0 aliphatic heterocycles. The molecule has 4 nitrogen and oxygen atoms in total. The second kappa shape index (κ2) is 6.97. The first-order valence-corrected chi connectivity index (χ1v) is 7.40. The van der Waals surface area contributed by atoms with Gasteiger partial charge in [-0.15, -0.1) is 0 Å². The predicted octanol–water partition coefficient (Wildman–Crippen LogP) is 4.64. The second-order valence-electron chi connectivity index (χ2n) is 4.35. The van der Waals surface area contributed by atoms with Crippen LogP contribution < -0.4 is 0 Å². The molecule has 0 radical (unpaired) electrons. The Morgan fingerprint density at radius 1 is 1.36 bits per heavy atom. The minimum absolute atomic E-state index is 0.218. The summed E-state index contributed by atoms with van der Waals surface area (Å²) < 4.78 is 1.50. The number of nitrogens with zero attached hydrogens (tertiary/aromatic N) is 4. The van der Waals surface area contributed by atoms with Crippen molar-refractivity contribution in [2.24, 2.45) is 12.0 Å². The Hall–Kier alpha value is -1.80. The van der Waals surface area contributed by atoms with Gasteiger partial charge in [0.25, 0.3) is 0 Å². The normalized spacial score (nSPS) is 12.4. The minimum Gasteiger partial charge on any atom is -0.264 e. The van der Waals surface area contributed by atoms with Crippen LogP contribution >= 0.6 is 34.8 Å². The molecule has 7 heteroatoms. The summed E-state index contributed by atoms with van der Waals surface area (Å²) in [5.41, 5.74) is 2.14. The van der Waals surface area contributed by atoms with Crippen LogP contribution in [0.1, 0.15) is 23.9 Å². The van der Waals surface area contributed by atoms with Gasteiger partial charge in [0.1, 0.15) is 6.07 Å². The molecule has 0 bridgehead atoms. The van der Waals surface area contributed by atoms with E-state index in [4.69, 9.17) is 40.1 Å². The van der Waals surface area contributed by atoms with Crippen LogP contribution in [0.5, 0.6) is 0 Å². The zero-order valence-corrected chi connectivity index (χ0v) is 14.1. The van der Waals surface area contributed by atoms with Crippen LogP contribution in [-0.2, 0) is 7.05 Å². The van der Waals surface area contributed by atoms with Gasteiger partial charge in [-0.25, -0.2) is 4.99 Å². The van der Waals surface area contributed by atoms with Gasteiger partial charge in [0.2, 0.25) is 0 Å². The first kappa shape index (κ1) is 16.6. The van der Waals surface area contributed by atoms with Gasteiger partial charge in [-0.3, -0.25) is 4.68 Å².